The van der Waals surface area contributed by atoms with Crippen LogP contribution >= 0.6 is 15.9 Å². The van der Waals surface area contributed by atoms with Gasteiger partial charge in [-0.25, -0.2) is 0 Å². The van der Waals surface area contributed by atoms with E-state index in [4.69, 9.17) is 10.9 Å². The van der Waals surface area contributed by atoms with Crippen LogP contribution in [0.2, 0.25) is 0 Å². The molecule has 1 fully saturated rings. The van der Waals surface area contributed by atoms with Crippen LogP contribution in [0, 0.1) is 5.41 Å². The van der Waals surface area contributed by atoms with Gasteiger partial charge in [0.05, 0.1) is 5.69 Å². The molecular weight excluding hydrogens is 334 g/mol. The van der Waals surface area contributed by atoms with Gasteiger partial charge in [-0.15, -0.1) is 0 Å². The van der Waals surface area contributed by atoms with Crippen LogP contribution in [0.1, 0.15) is 44.6 Å². The zero-order valence-corrected chi connectivity index (χ0v) is 13.6. The van der Waals surface area contributed by atoms with Crippen molar-refractivity contribution in [1.82, 2.24) is 0 Å². The second kappa shape index (κ2) is 6.47. The van der Waals surface area contributed by atoms with E-state index >= 15 is 0 Å². The predicted molar refractivity (Wildman–Crippen MR) is 86.5 cm³/mol. The molecule has 0 aromatic heterocycles. The first kappa shape index (κ1) is 15.8. The molecule has 1 aliphatic carbocycles. The minimum Gasteiger partial charge on any atom is -0.409 e. The molecule has 2 rings (SSSR count). The van der Waals surface area contributed by atoms with Crippen molar-refractivity contribution in [2.75, 3.05) is 5.32 Å². The van der Waals surface area contributed by atoms with Crippen molar-refractivity contribution in [3.8, 4) is 0 Å². The number of rotatable bonds is 3. The lowest BCUT2D eigenvalue weighted by Gasteiger charge is -2.32. The molecule has 5 nitrogen and oxygen atoms in total. The van der Waals surface area contributed by atoms with Crippen molar-refractivity contribution >= 4 is 33.4 Å². The minimum absolute atomic E-state index is 0.0350. The number of nitrogens with two attached hydrogens (primary N) is 1. The van der Waals surface area contributed by atoms with Crippen molar-refractivity contribution in [1.29, 1.82) is 0 Å². The third kappa shape index (κ3) is 3.56. The zero-order valence-electron chi connectivity index (χ0n) is 12.0. The van der Waals surface area contributed by atoms with Crippen molar-refractivity contribution in [3.05, 3.63) is 28.2 Å². The molecule has 0 aliphatic heterocycles. The number of nitrogens with one attached hydrogen (secondary N) is 1. The molecule has 0 bridgehead atoms. The second-order valence-corrected chi connectivity index (χ2v) is 6.61. The van der Waals surface area contributed by atoms with Gasteiger partial charge in [0.2, 0.25) is 5.91 Å². The number of carbonyl (C=O) groups is 1. The maximum absolute atomic E-state index is 12.5. The number of anilines is 1. The van der Waals surface area contributed by atoms with Gasteiger partial charge in [0, 0.05) is 15.5 Å². The summed E-state index contributed by atoms with van der Waals surface area (Å²) < 4.78 is 0.708. The van der Waals surface area contributed by atoms with Crippen LogP contribution in [0.15, 0.2) is 27.8 Å². The summed E-state index contributed by atoms with van der Waals surface area (Å²) in [4.78, 5) is 12.5. The summed E-state index contributed by atoms with van der Waals surface area (Å²) >= 11 is 3.41. The first-order valence-electron chi connectivity index (χ1n) is 7.05. The number of hydrogen-bond acceptors (Lipinski definition) is 3. The molecular formula is C15H20BrN3O2. The molecule has 0 atom stereocenters. The van der Waals surface area contributed by atoms with Crippen LogP contribution in [0.3, 0.4) is 0 Å². The molecule has 1 aliphatic rings. The lowest BCUT2D eigenvalue weighted by molar-refractivity contribution is -0.126. The largest absolute Gasteiger partial charge is 0.409 e. The fraction of sp³-hybridized carbons (Fsp3) is 0.467. The van der Waals surface area contributed by atoms with Crippen molar-refractivity contribution in [3.63, 3.8) is 0 Å². The smallest absolute Gasteiger partial charge is 0.230 e. The molecule has 1 amide bonds. The lowest BCUT2D eigenvalue weighted by Crippen LogP contribution is -2.35. The number of oxime groups is 1. The van der Waals surface area contributed by atoms with Crippen LogP contribution in [-0.2, 0) is 4.79 Å². The number of benzene rings is 1. The Labute approximate surface area is 132 Å². The van der Waals surface area contributed by atoms with Gasteiger partial charge in [-0.1, -0.05) is 31.3 Å². The Morgan fingerprint density at radius 2 is 2.05 bits per heavy atom. The normalized spacial score (nSPS) is 18.3. The Morgan fingerprint density at radius 1 is 1.38 bits per heavy atom. The number of amidine groups is 1. The first-order chi connectivity index (χ1) is 9.96. The maximum atomic E-state index is 12.5. The summed E-state index contributed by atoms with van der Waals surface area (Å²) in [5, 5.41) is 14.6. The van der Waals surface area contributed by atoms with Crippen LogP contribution in [0.4, 0.5) is 5.69 Å². The first-order valence-corrected chi connectivity index (χ1v) is 7.84. The van der Waals surface area contributed by atoms with E-state index in [1.54, 1.807) is 18.2 Å². The van der Waals surface area contributed by atoms with Crippen LogP contribution < -0.4 is 11.1 Å². The number of amides is 1. The van der Waals surface area contributed by atoms with Gasteiger partial charge in [0.25, 0.3) is 0 Å². The SMILES string of the molecule is CC1(C(=O)Nc2ccc(/C(N)=N/O)cc2Br)CCCCC1. The molecule has 0 spiro atoms. The second-order valence-electron chi connectivity index (χ2n) is 5.76. The average molecular weight is 354 g/mol. The molecule has 0 heterocycles. The summed E-state index contributed by atoms with van der Waals surface area (Å²) in [5.74, 6) is 0.0901. The monoisotopic (exact) mass is 353 g/mol. The highest BCUT2D eigenvalue weighted by atomic mass is 79.9. The Bertz CT molecular complexity index is 566. The molecule has 1 aromatic rings. The number of nitrogens with zero attached hydrogens (tertiary/aromatic N) is 1. The highest BCUT2D eigenvalue weighted by molar-refractivity contribution is 9.10. The quantitative estimate of drug-likeness (QED) is 0.336. The van der Waals surface area contributed by atoms with Gasteiger partial charge in [-0.3, -0.25) is 4.79 Å². The number of halogens is 1. The number of hydrogen-bond donors (Lipinski definition) is 3. The van der Waals surface area contributed by atoms with E-state index in [2.05, 4.69) is 26.4 Å². The predicted octanol–water partition coefficient (Wildman–Crippen LogP) is 3.45. The van der Waals surface area contributed by atoms with Crippen LogP contribution in [0.5, 0.6) is 0 Å². The summed E-state index contributed by atoms with van der Waals surface area (Å²) in [7, 11) is 0. The summed E-state index contributed by atoms with van der Waals surface area (Å²) in [6.45, 7) is 2.03. The van der Waals surface area contributed by atoms with E-state index in [1.807, 2.05) is 6.92 Å². The van der Waals surface area contributed by atoms with Crippen LogP contribution in [-0.4, -0.2) is 17.0 Å². The van der Waals surface area contributed by atoms with E-state index in [1.165, 1.54) is 6.42 Å². The van der Waals surface area contributed by atoms with E-state index in [9.17, 15) is 4.79 Å². The van der Waals surface area contributed by atoms with Gasteiger partial charge in [-0.05, 0) is 47.0 Å². The van der Waals surface area contributed by atoms with E-state index in [0.29, 0.717) is 15.7 Å². The highest BCUT2D eigenvalue weighted by Gasteiger charge is 2.34. The zero-order chi connectivity index (χ0) is 15.5. The Hall–Kier alpha value is -1.56. The van der Waals surface area contributed by atoms with Gasteiger partial charge in [-0.2, -0.15) is 0 Å². The molecule has 0 saturated heterocycles. The topological polar surface area (TPSA) is 87.7 Å². The Kier molecular flexibility index (Phi) is 4.88. The molecule has 114 valence electrons. The van der Waals surface area contributed by atoms with Gasteiger partial charge in [0.15, 0.2) is 5.84 Å². The van der Waals surface area contributed by atoms with Crippen molar-refractivity contribution in [2.24, 2.45) is 16.3 Å². The van der Waals surface area contributed by atoms with Crippen molar-refractivity contribution in [2.45, 2.75) is 39.0 Å². The molecule has 1 aromatic carbocycles. The molecule has 0 radical (unpaired) electrons. The molecule has 6 heteroatoms. The summed E-state index contributed by atoms with van der Waals surface area (Å²) in [5.41, 5.74) is 6.54. The Morgan fingerprint density at radius 3 is 2.62 bits per heavy atom. The van der Waals surface area contributed by atoms with Crippen molar-refractivity contribution < 1.29 is 10.0 Å². The molecule has 4 N–H and O–H groups in total. The fourth-order valence-electron chi connectivity index (χ4n) is 2.67. The maximum Gasteiger partial charge on any atom is 0.230 e. The van der Waals surface area contributed by atoms with E-state index in [-0.39, 0.29) is 17.2 Å². The molecule has 1 saturated carbocycles. The number of carbonyl (C=O) groups excluding carboxylic acids is 1. The third-order valence-electron chi connectivity index (χ3n) is 4.13. The van der Waals surface area contributed by atoms with E-state index in [0.717, 1.165) is 25.7 Å². The Balaban J connectivity index is 2.14. The molecule has 0 unspecified atom stereocenters. The van der Waals surface area contributed by atoms with Crippen LogP contribution in [0.25, 0.3) is 0 Å². The van der Waals surface area contributed by atoms with Gasteiger partial charge in [0.1, 0.15) is 0 Å². The van der Waals surface area contributed by atoms with Gasteiger partial charge >= 0.3 is 0 Å². The summed E-state index contributed by atoms with van der Waals surface area (Å²) in [6.07, 6.45) is 5.28. The minimum atomic E-state index is -0.290. The fourth-order valence-corrected chi connectivity index (χ4v) is 3.14. The molecule has 21 heavy (non-hydrogen) atoms. The highest BCUT2D eigenvalue weighted by Crippen LogP contribution is 2.37. The third-order valence-corrected chi connectivity index (χ3v) is 4.78. The standard InChI is InChI=1S/C15H20BrN3O2/c1-15(7-3-2-4-8-15)14(20)18-12-6-5-10(9-11(12)16)13(17)19-21/h5-6,9,21H,2-4,7-8H2,1H3,(H2,17,19)(H,18,20). The van der Waals surface area contributed by atoms with E-state index < -0.39 is 0 Å². The lowest BCUT2D eigenvalue weighted by atomic mass is 9.75. The van der Waals surface area contributed by atoms with Gasteiger partial charge < -0.3 is 16.3 Å². The average Bonchev–Trinajstić information content (AvgIpc) is 2.49. The summed E-state index contributed by atoms with van der Waals surface area (Å²) in [6, 6.07) is 5.17.